The molecular weight excluding hydrogens is 166 g/mol. The number of aromatic nitrogens is 4. The third-order valence-corrected chi connectivity index (χ3v) is 2.01. The summed E-state index contributed by atoms with van der Waals surface area (Å²) in [5.41, 5.74) is 7.48. The number of fused-ring (bicyclic) bond motifs is 1. The summed E-state index contributed by atoms with van der Waals surface area (Å²) in [4.78, 5) is 8.24. The number of hydrogen-bond acceptors (Lipinski definition) is 4. The average Bonchev–Trinajstić information content (AvgIpc) is 2.63. The van der Waals surface area contributed by atoms with Gasteiger partial charge >= 0.3 is 0 Å². The second kappa shape index (κ2) is 3.10. The Kier molecular flexibility index (Phi) is 1.94. The Labute approximate surface area is 75.6 Å². The van der Waals surface area contributed by atoms with Crippen molar-refractivity contribution in [3.8, 4) is 0 Å². The van der Waals surface area contributed by atoms with Crippen LogP contribution in [-0.2, 0) is 0 Å². The van der Waals surface area contributed by atoms with E-state index in [1.807, 2.05) is 13.0 Å². The highest BCUT2D eigenvalue weighted by Gasteiger charge is 2.06. The molecule has 13 heavy (non-hydrogen) atoms. The minimum absolute atomic E-state index is 0.0123. The van der Waals surface area contributed by atoms with E-state index in [4.69, 9.17) is 5.73 Å². The highest BCUT2D eigenvalue weighted by Crippen LogP contribution is 2.11. The predicted octanol–water partition coefficient (Wildman–Crippen LogP) is 0.534. The zero-order valence-electron chi connectivity index (χ0n) is 7.38. The van der Waals surface area contributed by atoms with Gasteiger partial charge in [-0.3, -0.25) is 0 Å². The van der Waals surface area contributed by atoms with Gasteiger partial charge in [0.2, 0.25) is 0 Å². The normalized spacial score (nSPS) is 13.4. The van der Waals surface area contributed by atoms with E-state index in [0.29, 0.717) is 0 Å². The van der Waals surface area contributed by atoms with Gasteiger partial charge < -0.3 is 5.73 Å². The molecule has 1 atom stereocenters. The average molecular weight is 177 g/mol. The smallest absolute Gasteiger partial charge is 0.158 e. The molecule has 0 saturated carbocycles. The summed E-state index contributed by atoms with van der Waals surface area (Å²) in [6.07, 6.45) is 4.00. The SMILES string of the molecule is CCC(N)c1cc2ncnn2cn1. The molecular formula is C8H11N5. The molecule has 0 amide bonds. The van der Waals surface area contributed by atoms with Gasteiger partial charge in [0.25, 0.3) is 0 Å². The zero-order chi connectivity index (χ0) is 9.26. The lowest BCUT2D eigenvalue weighted by Gasteiger charge is -2.06. The Morgan fingerprint density at radius 1 is 1.54 bits per heavy atom. The van der Waals surface area contributed by atoms with E-state index in [0.717, 1.165) is 17.8 Å². The number of nitrogens with zero attached hydrogens (tertiary/aromatic N) is 4. The van der Waals surface area contributed by atoms with Crippen molar-refractivity contribution in [3.05, 3.63) is 24.4 Å². The molecule has 2 rings (SSSR count). The van der Waals surface area contributed by atoms with Crippen LogP contribution < -0.4 is 5.73 Å². The van der Waals surface area contributed by atoms with Crippen molar-refractivity contribution in [1.29, 1.82) is 0 Å². The molecule has 2 aromatic rings. The van der Waals surface area contributed by atoms with Crippen LogP contribution in [0.2, 0.25) is 0 Å². The quantitative estimate of drug-likeness (QED) is 0.726. The van der Waals surface area contributed by atoms with E-state index in [1.165, 1.54) is 6.33 Å². The Hall–Kier alpha value is -1.49. The third-order valence-electron chi connectivity index (χ3n) is 2.01. The molecule has 0 aliphatic rings. The van der Waals surface area contributed by atoms with E-state index in [-0.39, 0.29) is 6.04 Å². The lowest BCUT2D eigenvalue weighted by molar-refractivity contribution is 0.670. The van der Waals surface area contributed by atoms with Gasteiger partial charge in [0.05, 0.1) is 5.69 Å². The third kappa shape index (κ3) is 1.38. The standard InChI is InChI=1S/C8H11N5/c1-2-6(9)7-3-8-10-4-12-13(8)5-11-7/h3-6H,2,9H2,1H3. The fourth-order valence-electron chi connectivity index (χ4n) is 1.15. The molecule has 0 aliphatic carbocycles. The van der Waals surface area contributed by atoms with Crippen LogP contribution in [0.1, 0.15) is 25.1 Å². The molecule has 0 spiro atoms. The van der Waals surface area contributed by atoms with Gasteiger partial charge in [-0.1, -0.05) is 6.92 Å². The van der Waals surface area contributed by atoms with Crippen molar-refractivity contribution in [3.63, 3.8) is 0 Å². The molecule has 2 aromatic heterocycles. The minimum Gasteiger partial charge on any atom is -0.323 e. The minimum atomic E-state index is -0.0123. The molecule has 0 saturated heterocycles. The largest absolute Gasteiger partial charge is 0.323 e. The van der Waals surface area contributed by atoms with Gasteiger partial charge in [-0.15, -0.1) is 0 Å². The highest BCUT2D eigenvalue weighted by atomic mass is 15.3. The van der Waals surface area contributed by atoms with Crippen LogP contribution >= 0.6 is 0 Å². The first-order valence-electron chi connectivity index (χ1n) is 4.22. The molecule has 5 nitrogen and oxygen atoms in total. The van der Waals surface area contributed by atoms with Crippen LogP contribution in [0.5, 0.6) is 0 Å². The van der Waals surface area contributed by atoms with E-state index in [1.54, 1.807) is 10.8 Å². The number of hydrogen-bond donors (Lipinski definition) is 1. The van der Waals surface area contributed by atoms with Crippen molar-refractivity contribution < 1.29 is 0 Å². The van der Waals surface area contributed by atoms with Gasteiger partial charge in [0.1, 0.15) is 12.7 Å². The van der Waals surface area contributed by atoms with Crippen LogP contribution in [0.4, 0.5) is 0 Å². The molecule has 2 N–H and O–H groups in total. The van der Waals surface area contributed by atoms with Crippen LogP contribution in [-0.4, -0.2) is 19.6 Å². The maximum atomic E-state index is 5.83. The number of rotatable bonds is 2. The molecule has 68 valence electrons. The first-order valence-corrected chi connectivity index (χ1v) is 4.22. The van der Waals surface area contributed by atoms with Crippen LogP contribution in [0.15, 0.2) is 18.7 Å². The first kappa shape index (κ1) is 8.12. The molecule has 2 heterocycles. The fraction of sp³-hybridized carbons (Fsp3) is 0.375. The molecule has 5 heteroatoms. The summed E-state index contributed by atoms with van der Waals surface area (Å²) < 4.78 is 1.62. The summed E-state index contributed by atoms with van der Waals surface area (Å²) in [5, 5.41) is 3.95. The first-order chi connectivity index (χ1) is 6.31. The van der Waals surface area contributed by atoms with E-state index in [9.17, 15) is 0 Å². The van der Waals surface area contributed by atoms with Crippen molar-refractivity contribution in [2.45, 2.75) is 19.4 Å². The summed E-state index contributed by atoms with van der Waals surface area (Å²) >= 11 is 0. The lowest BCUT2D eigenvalue weighted by atomic mass is 10.2. The Balaban J connectivity index is 2.48. The maximum Gasteiger partial charge on any atom is 0.158 e. The maximum absolute atomic E-state index is 5.83. The topological polar surface area (TPSA) is 69.1 Å². The summed E-state index contributed by atoms with van der Waals surface area (Å²) in [7, 11) is 0. The summed E-state index contributed by atoms with van der Waals surface area (Å²) in [6, 6.07) is 1.85. The monoisotopic (exact) mass is 177 g/mol. The molecule has 0 radical (unpaired) electrons. The van der Waals surface area contributed by atoms with E-state index >= 15 is 0 Å². The van der Waals surface area contributed by atoms with Gasteiger partial charge in [-0.05, 0) is 6.42 Å². The van der Waals surface area contributed by atoms with Gasteiger partial charge in [0, 0.05) is 12.1 Å². The summed E-state index contributed by atoms with van der Waals surface area (Å²) in [6.45, 7) is 2.03. The van der Waals surface area contributed by atoms with Crippen molar-refractivity contribution in [1.82, 2.24) is 19.6 Å². The molecule has 0 fully saturated rings. The van der Waals surface area contributed by atoms with Crippen LogP contribution in [0.3, 0.4) is 0 Å². The number of nitrogens with two attached hydrogens (primary N) is 1. The Morgan fingerprint density at radius 3 is 3.15 bits per heavy atom. The second-order valence-corrected chi connectivity index (χ2v) is 2.89. The van der Waals surface area contributed by atoms with Crippen LogP contribution in [0, 0.1) is 0 Å². The molecule has 0 bridgehead atoms. The Bertz CT molecular complexity index is 408. The fourth-order valence-corrected chi connectivity index (χ4v) is 1.15. The zero-order valence-corrected chi connectivity index (χ0v) is 7.38. The van der Waals surface area contributed by atoms with Crippen molar-refractivity contribution in [2.24, 2.45) is 5.73 Å². The predicted molar refractivity (Wildman–Crippen MR) is 48.0 cm³/mol. The Morgan fingerprint density at radius 2 is 2.38 bits per heavy atom. The van der Waals surface area contributed by atoms with Crippen molar-refractivity contribution in [2.75, 3.05) is 0 Å². The van der Waals surface area contributed by atoms with Gasteiger partial charge in [-0.2, -0.15) is 5.10 Å². The second-order valence-electron chi connectivity index (χ2n) is 2.89. The lowest BCUT2D eigenvalue weighted by Crippen LogP contribution is -2.11. The molecule has 0 aromatic carbocycles. The summed E-state index contributed by atoms with van der Waals surface area (Å²) in [5.74, 6) is 0. The highest BCUT2D eigenvalue weighted by molar-refractivity contribution is 5.37. The van der Waals surface area contributed by atoms with Gasteiger partial charge in [-0.25, -0.2) is 14.5 Å². The van der Waals surface area contributed by atoms with Crippen molar-refractivity contribution >= 4 is 5.65 Å². The molecule has 0 aliphatic heterocycles. The van der Waals surface area contributed by atoms with E-state index < -0.39 is 0 Å². The van der Waals surface area contributed by atoms with Gasteiger partial charge in [0.15, 0.2) is 5.65 Å². The van der Waals surface area contributed by atoms with Crippen LogP contribution in [0.25, 0.3) is 5.65 Å². The molecule has 1 unspecified atom stereocenters. The van der Waals surface area contributed by atoms with E-state index in [2.05, 4.69) is 15.1 Å².